The number of benzene rings is 2. The highest BCUT2D eigenvalue weighted by Gasteiger charge is 2.41. The van der Waals surface area contributed by atoms with Crippen molar-refractivity contribution in [2.75, 3.05) is 0 Å². The summed E-state index contributed by atoms with van der Waals surface area (Å²) in [5, 5.41) is 4.96. The quantitative estimate of drug-likeness (QED) is 0.400. The van der Waals surface area contributed by atoms with Crippen LogP contribution < -0.4 is 5.32 Å². The summed E-state index contributed by atoms with van der Waals surface area (Å²) in [5.41, 5.74) is 4.31. The maximum Gasteiger partial charge on any atom is 0.170 e. The maximum absolute atomic E-state index is 6.29. The monoisotopic (exact) mass is 444 g/mol. The molecule has 4 aromatic rings. The molecule has 2 atom stereocenters. The molecule has 0 aliphatic carbocycles. The summed E-state index contributed by atoms with van der Waals surface area (Å²) in [6.45, 7) is 0.710. The van der Waals surface area contributed by atoms with Gasteiger partial charge in [-0.2, -0.15) is 0 Å². The number of hydrogen-bond acceptors (Lipinski definition) is 2. The average molecular weight is 445 g/mol. The lowest BCUT2D eigenvalue weighted by Crippen LogP contribution is -2.30. The van der Waals surface area contributed by atoms with E-state index in [0.29, 0.717) is 11.6 Å². The number of thiocarbonyl (C=S) groups is 1. The number of rotatable bonds is 5. The molecule has 154 valence electrons. The molecule has 1 aliphatic heterocycles. The van der Waals surface area contributed by atoms with E-state index in [0.717, 1.165) is 22.2 Å². The first-order valence-electron chi connectivity index (χ1n) is 10.2. The minimum absolute atomic E-state index is 0.0309. The van der Waals surface area contributed by atoms with Crippen LogP contribution in [0, 0.1) is 0 Å². The molecule has 0 radical (unpaired) electrons. The molecule has 0 unspecified atom stereocenters. The highest BCUT2D eigenvalue weighted by Crippen LogP contribution is 2.40. The van der Waals surface area contributed by atoms with Gasteiger partial charge in [0.05, 0.1) is 17.8 Å². The van der Waals surface area contributed by atoms with Crippen molar-refractivity contribution in [3.8, 4) is 5.69 Å². The molecule has 1 aliphatic rings. The van der Waals surface area contributed by atoms with Crippen LogP contribution in [0.4, 0.5) is 0 Å². The molecule has 0 spiro atoms. The van der Waals surface area contributed by atoms with Crippen molar-refractivity contribution >= 4 is 28.9 Å². The van der Waals surface area contributed by atoms with Gasteiger partial charge in [0.1, 0.15) is 0 Å². The number of pyridine rings is 1. The Kier molecular flexibility index (Phi) is 5.45. The third-order valence-corrected chi connectivity index (χ3v) is 6.15. The van der Waals surface area contributed by atoms with Crippen LogP contribution in [-0.4, -0.2) is 19.6 Å². The van der Waals surface area contributed by atoms with Crippen LogP contribution in [0.3, 0.4) is 0 Å². The predicted molar refractivity (Wildman–Crippen MR) is 128 cm³/mol. The highest BCUT2D eigenvalue weighted by molar-refractivity contribution is 7.80. The lowest BCUT2D eigenvalue weighted by molar-refractivity contribution is 0.302. The molecule has 5 rings (SSSR count). The molecule has 1 N–H and O–H groups in total. The van der Waals surface area contributed by atoms with E-state index in [2.05, 4.69) is 68.4 Å². The molecular weight excluding hydrogens is 424 g/mol. The molecule has 2 aromatic heterocycles. The van der Waals surface area contributed by atoms with Crippen molar-refractivity contribution in [2.45, 2.75) is 18.6 Å². The van der Waals surface area contributed by atoms with Crippen molar-refractivity contribution in [3.63, 3.8) is 0 Å². The first-order valence-corrected chi connectivity index (χ1v) is 10.9. The van der Waals surface area contributed by atoms with Crippen LogP contribution in [0.2, 0.25) is 5.02 Å². The Labute approximate surface area is 192 Å². The van der Waals surface area contributed by atoms with Gasteiger partial charge in [0, 0.05) is 35.3 Å². The third-order valence-electron chi connectivity index (χ3n) is 5.56. The number of hydrogen-bond donors (Lipinski definition) is 1. The molecule has 0 saturated carbocycles. The highest BCUT2D eigenvalue weighted by atomic mass is 35.5. The predicted octanol–water partition coefficient (Wildman–Crippen LogP) is 5.70. The number of nitrogens with one attached hydrogen (secondary N) is 1. The summed E-state index contributed by atoms with van der Waals surface area (Å²) < 4.78 is 2.18. The molecule has 1 fully saturated rings. The second-order valence-electron chi connectivity index (χ2n) is 7.52. The van der Waals surface area contributed by atoms with E-state index < -0.39 is 0 Å². The fraction of sp³-hybridized carbons (Fsp3) is 0.120. The maximum atomic E-state index is 6.29. The van der Waals surface area contributed by atoms with Crippen LogP contribution in [0.1, 0.15) is 29.0 Å². The van der Waals surface area contributed by atoms with Crippen molar-refractivity contribution in [2.24, 2.45) is 0 Å². The van der Waals surface area contributed by atoms with E-state index in [1.165, 1.54) is 5.56 Å². The molecule has 0 bridgehead atoms. The Hall–Kier alpha value is -3.15. The van der Waals surface area contributed by atoms with Gasteiger partial charge in [-0.25, -0.2) is 0 Å². The van der Waals surface area contributed by atoms with E-state index in [9.17, 15) is 0 Å². The Morgan fingerprint density at radius 1 is 0.935 bits per heavy atom. The minimum Gasteiger partial charge on any atom is -0.352 e. The van der Waals surface area contributed by atoms with Crippen LogP contribution in [0.15, 0.2) is 97.3 Å². The van der Waals surface area contributed by atoms with E-state index in [1.807, 2.05) is 48.7 Å². The molecule has 6 heteroatoms. The van der Waals surface area contributed by atoms with Crippen LogP contribution in [-0.2, 0) is 6.54 Å². The van der Waals surface area contributed by atoms with Gasteiger partial charge in [0.15, 0.2) is 5.11 Å². The average Bonchev–Trinajstić information content (AvgIpc) is 3.40. The topological polar surface area (TPSA) is 33.1 Å². The van der Waals surface area contributed by atoms with Crippen molar-refractivity contribution in [3.05, 3.63) is 119 Å². The van der Waals surface area contributed by atoms with Gasteiger partial charge >= 0.3 is 0 Å². The molecule has 1 saturated heterocycles. The normalized spacial score (nSPS) is 18.2. The SMILES string of the molecule is S=C1N[C@H](c2ccccn2)[C@H](c2cccn2-c2cccc(Cl)c2)N1Cc1ccccc1. The zero-order valence-electron chi connectivity index (χ0n) is 16.7. The molecule has 3 heterocycles. The van der Waals surface area contributed by atoms with Gasteiger partial charge < -0.3 is 14.8 Å². The van der Waals surface area contributed by atoms with Gasteiger partial charge in [-0.05, 0) is 60.2 Å². The largest absolute Gasteiger partial charge is 0.352 e. The van der Waals surface area contributed by atoms with Crippen LogP contribution >= 0.6 is 23.8 Å². The molecule has 0 amide bonds. The van der Waals surface area contributed by atoms with Gasteiger partial charge in [0.2, 0.25) is 0 Å². The molecule has 4 nitrogen and oxygen atoms in total. The summed E-state index contributed by atoms with van der Waals surface area (Å²) in [6.07, 6.45) is 3.89. The fourth-order valence-electron chi connectivity index (χ4n) is 4.17. The van der Waals surface area contributed by atoms with Crippen LogP contribution in [0.25, 0.3) is 5.69 Å². The summed E-state index contributed by atoms with van der Waals surface area (Å²) in [7, 11) is 0. The van der Waals surface area contributed by atoms with E-state index in [-0.39, 0.29) is 12.1 Å². The van der Waals surface area contributed by atoms with Crippen molar-refractivity contribution in [1.82, 2.24) is 19.8 Å². The second-order valence-corrected chi connectivity index (χ2v) is 8.35. The lowest BCUT2D eigenvalue weighted by atomic mass is 10.0. The van der Waals surface area contributed by atoms with Gasteiger partial charge in [0.25, 0.3) is 0 Å². The van der Waals surface area contributed by atoms with Gasteiger partial charge in [-0.3, -0.25) is 4.98 Å². The zero-order chi connectivity index (χ0) is 21.2. The third kappa shape index (κ3) is 3.94. The number of aromatic nitrogens is 2. The molecule has 31 heavy (non-hydrogen) atoms. The second kappa shape index (κ2) is 8.53. The van der Waals surface area contributed by atoms with Crippen molar-refractivity contribution in [1.29, 1.82) is 0 Å². The summed E-state index contributed by atoms with van der Waals surface area (Å²) in [4.78, 5) is 6.88. The van der Waals surface area contributed by atoms with Gasteiger partial charge in [-0.15, -0.1) is 0 Å². The summed E-state index contributed by atoms with van der Waals surface area (Å²) in [6, 6.07) is 28.4. The van der Waals surface area contributed by atoms with E-state index >= 15 is 0 Å². The fourth-order valence-corrected chi connectivity index (χ4v) is 4.66. The minimum atomic E-state index is -0.0646. The Bertz CT molecular complexity index is 1190. The standard InChI is InChI=1S/C25H21ClN4S/c26-19-10-6-11-20(16-19)29-15-7-13-22(29)24-23(21-12-4-5-14-27-21)28-25(31)30(24)17-18-8-2-1-3-9-18/h1-16,23-24H,17H2,(H,28,31)/t23-,24+/m1/s1. The molecular formula is C25H21ClN4S. The summed E-state index contributed by atoms with van der Waals surface area (Å²) >= 11 is 12.1. The first-order chi connectivity index (χ1) is 15.2. The zero-order valence-corrected chi connectivity index (χ0v) is 18.3. The van der Waals surface area contributed by atoms with E-state index in [1.54, 1.807) is 0 Å². The Morgan fingerprint density at radius 3 is 2.55 bits per heavy atom. The Balaban J connectivity index is 1.61. The summed E-state index contributed by atoms with van der Waals surface area (Å²) in [5.74, 6) is 0. The van der Waals surface area contributed by atoms with Gasteiger partial charge in [-0.1, -0.05) is 54.1 Å². The van der Waals surface area contributed by atoms with Crippen molar-refractivity contribution < 1.29 is 0 Å². The number of nitrogens with zero attached hydrogens (tertiary/aromatic N) is 3. The smallest absolute Gasteiger partial charge is 0.170 e. The lowest BCUT2D eigenvalue weighted by Gasteiger charge is -2.29. The number of halogens is 1. The van der Waals surface area contributed by atoms with E-state index in [4.69, 9.17) is 23.8 Å². The Morgan fingerprint density at radius 2 is 1.77 bits per heavy atom. The van der Waals surface area contributed by atoms with Crippen LogP contribution in [0.5, 0.6) is 0 Å². The molecule has 2 aromatic carbocycles. The first kappa shape index (κ1) is 19.8.